The number of nitrogens with one attached hydrogen (secondary N) is 2. The van der Waals surface area contributed by atoms with Gasteiger partial charge in [0, 0.05) is 11.3 Å². The second-order valence-electron chi connectivity index (χ2n) is 7.12. The predicted octanol–water partition coefficient (Wildman–Crippen LogP) is 4.21. The summed E-state index contributed by atoms with van der Waals surface area (Å²) in [4.78, 5) is 39.1. The summed E-state index contributed by atoms with van der Waals surface area (Å²) in [6.07, 6.45) is 2.38. The number of benzene rings is 2. The molecule has 2 N–H and O–H groups in total. The standard InChI is InChI=1S/C24H20ClN3O4/c1-2-15-8-10-18(11-9-15)28-23(30)20(25)21(24(28)31)27-17-6-3-5-16(13-17)22(29)26-14-19-7-4-12-32-19/h3-13,27H,2,14H2,1H3,(H,26,29). The van der Waals surface area contributed by atoms with Gasteiger partial charge in [-0.2, -0.15) is 0 Å². The number of hydrogen-bond donors (Lipinski definition) is 2. The summed E-state index contributed by atoms with van der Waals surface area (Å²) in [5, 5.41) is 5.45. The summed E-state index contributed by atoms with van der Waals surface area (Å²) >= 11 is 6.20. The average molecular weight is 450 g/mol. The highest BCUT2D eigenvalue weighted by molar-refractivity contribution is 6.53. The fraction of sp³-hybridized carbons (Fsp3) is 0.125. The van der Waals surface area contributed by atoms with Crippen LogP contribution in [0.25, 0.3) is 0 Å². The largest absolute Gasteiger partial charge is 0.467 e. The molecule has 1 aliphatic rings. The van der Waals surface area contributed by atoms with Crippen LogP contribution in [0.5, 0.6) is 0 Å². The van der Waals surface area contributed by atoms with Crippen LogP contribution in [-0.4, -0.2) is 17.7 Å². The molecule has 8 heteroatoms. The minimum Gasteiger partial charge on any atom is -0.467 e. The zero-order chi connectivity index (χ0) is 22.7. The van der Waals surface area contributed by atoms with Crippen molar-refractivity contribution in [2.24, 2.45) is 0 Å². The van der Waals surface area contributed by atoms with Gasteiger partial charge in [0.25, 0.3) is 17.7 Å². The van der Waals surface area contributed by atoms with Gasteiger partial charge in [0.05, 0.1) is 18.5 Å². The lowest BCUT2D eigenvalue weighted by molar-refractivity contribution is -0.120. The van der Waals surface area contributed by atoms with Gasteiger partial charge in [-0.3, -0.25) is 14.4 Å². The number of halogens is 1. The highest BCUT2D eigenvalue weighted by Gasteiger charge is 2.38. The lowest BCUT2D eigenvalue weighted by atomic mass is 10.1. The molecule has 1 aliphatic heterocycles. The monoisotopic (exact) mass is 449 g/mol. The molecule has 2 heterocycles. The highest BCUT2D eigenvalue weighted by atomic mass is 35.5. The van der Waals surface area contributed by atoms with E-state index in [9.17, 15) is 14.4 Å². The Kier molecular flexibility index (Phi) is 6.09. The number of nitrogens with zero attached hydrogens (tertiary/aromatic N) is 1. The second kappa shape index (κ2) is 9.11. The van der Waals surface area contributed by atoms with E-state index in [2.05, 4.69) is 10.6 Å². The smallest absolute Gasteiger partial charge is 0.283 e. The van der Waals surface area contributed by atoms with Crippen molar-refractivity contribution in [2.75, 3.05) is 10.2 Å². The molecule has 32 heavy (non-hydrogen) atoms. The van der Waals surface area contributed by atoms with Gasteiger partial charge in [0.1, 0.15) is 16.5 Å². The Morgan fingerprint density at radius 3 is 2.50 bits per heavy atom. The van der Waals surface area contributed by atoms with E-state index in [4.69, 9.17) is 16.0 Å². The van der Waals surface area contributed by atoms with Crippen LogP contribution in [0.4, 0.5) is 11.4 Å². The molecule has 2 aromatic carbocycles. The first-order valence-electron chi connectivity index (χ1n) is 10.0. The lowest BCUT2D eigenvalue weighted by Crippen LogP contribution is -2.32. The Bertz CT molecular complexity index is 1200. The zero-order valence-electron chi connectivity index (χ0n) is 17.2. The minimum absolute atomic E-state index is 0.0376. The van der Waals surface area contributed by atoms with Crippen molar-refractivity contribution >= 4 is 40.7 Å². The molecule has 3 aromatic rings. The van der Waals surface area contributed by atoms with Gasteiger partial charge >= 0.3 is 0 Å². The van der Waals surface area contributed by atoms with Crippen LogP contribution in [0.1, 0.15) is 28.6 Å². The molecule has 0 unspecified atom stereocenters. The van der Waals surface area contributed by atoms with E-state index in [-0.39, 0.29) is 23.2 Å². The van der Waals surface area contributed by atoms with E-state index in [0.717, 1.165) is 16.9 Å². The van der Waals surface area contributed by atoms with Gasteiger partial charge in [-0.1, -0.05) is 36.7 Å². The number of anilines is 2. The molecule has 162 valence electrons. The van der Waals surface area contributed by atoms with Crippen LogP contribution < -0.4 is 15.5 Å². The molecular formula is C24H20ClN3O4. The molecule has 7 nitrogen and oxygen atoms in total. The van der Waals surface area contributed by atoms with Gasteiger partial charge in [-0.15, -0.1) is 0 Å². The predicted molar refractivity (Wildman–Crippen MR) is 121 cm³/mol. The van der Waals surface area contributed by atoms with Gasteiger partial charge in [-0.05, 0) is 54.4 Å². The molecule has 0 saturated heterocycles. The fourth-order valence-electron chi connectivity index (χ4n) is 3.29. The summed E-state index contributed by atoms with van der Waals surface area (Å²) in [6.45, 7) is 2.27. The molecule has 0 aliphatic carbocycles. The Morgan fingerprint density at radius 2 is 1.81 bits per heavy atom. The summed E-state index contributed by atoms with van der Waals surface area (Å²) in [6, 6.07) is 17.2. The summed E-state index contributed by atoms with van der Waals surface area (Å²) in [5.41, 5.74) is 2.32. The van der Waals surface area contributed by atoms with Crippen molar-refractivity contribution in [3.8, 4) is 0 Å². The molecule has 3 amide bonds. The maximum atomic E-state index is 12.9. The average Bonchev–Trinajstić information content (AvgIpc) is 3.41. The highest BCUT2D eigenvalue weighted by Crippen LogP contribution is 2.30. The van der Waals surface area contributed by atoms with Crippen molar-refractivity contribution in [2.45, 2.75) is 19.9 Å². The van der Waals surface area contributed by atoms with Crippen molar-refractivity contribution in [3.63, 3.8) is 0 Å². The topological polar surface area (TPSA) is 91.7 Å². The van der Waals surface area contributed by atoms with Crippen molar-refractivity contribution in [3.05, 3.63) is 94.5 Å². The SMILES string of the molecule is CCc1ccc(N2C(=O)C(Cl)=C(Nc3cccc(C(=O)NCc4ccco4)c3)C2=O)cc1. The number of furan rings is 1. The van der Waals surface area contributed by atoms with E-state index in [1.165, 1.54) is 6.26 Å². The van der Waals surface area contributed by atoms with E-state index in [0.29, 0.717) is 22.7 Å². The number of aryl methyl sites for hydroxylation is 1. The number of imide groups is 1. The van der Waals surface area contributed by atoms with Crippen molar-refractivity contribution < 1.29 is 18.8 Å². The first-order chi connectivity index (χ1) is 15.5. The number of carbonyl (C=O) groups excluding carboxylic acids is 3. The Hall–Kier alpha value is -3.84. The molecule has 0 radical (unpaired) electrons. The van der Waals surface area contributed by atoms with E-state index in [1.807, 2.05) is 19.1 Å². The van der Waals surface area contributed by atoms with E-state index in [1.54, 1.807) is 48.5 Å². The van der Waals surface area contributed by atoms with Gasteiger partial charge in [-0.25, -0.2) is 4.90 Å². The molecule has 0 atom stereocenters. The third-order valence-corrected chi connectivity index (χ3v) is 5.38. The summed E-state index contributed by atoms with van der Waals surface area (Å²) in [5.74, 6) is -0.837. The molecular weight excluding hydrogens is 430 g/mol. The van der Waals surface area contributed by atoms with Crippen LogP contribution in [-0.2, 0) is 22.6 Å². The molecule has 1 aromatic heterocycles. The Labute approximate surface area is 189 Å². The molecule has 0 fully saturated rings. The second-order valence-corrected chi connectivity index (χ2v) is 7.50. The molecule has 4 rings (SSSR count). The Balaban J connectivity index is 1.49. The van der Waals surface area contributed by atoms with Crippen molar-refractivity contribution in [1.29, 1.82) is 0 Å². The van der Waals surface area contributed by atoms with E-state index < -0.39 is 11.8 Å². The third kappa shape index (κ3) is 4.29. The quantitative estimate of drug-likeness (QED) is 0.527. The van der Waals surface area contributed by atoms with E-state index >= 15 is 0 Å². The Morgan fingerprint density at radius 1 is 1.03 bits per heavy atom. The molecule has 0 bridgehead atoms. The third-order valence-electron chi connectivity index (χ3n) is 5.03. The van der Waals surface area contributed by atoms with Gasteiger partial charge in [0.15, 0.2) is 0 Å². The summed E-state index contributed by atoms with van der Waals surface area (Å²) in [7, 11) is 0. The van der Waals surface area contributed by atoms with Crippen LogP contribution >= 0.6 is 11.6 Å². The maximum Gasteiger partial charge on any atom is 0.283 e. The van der Waals surface area contributed by atoms with Crippen molar-refractivity contribution in [1.82, 2.24) is 5.32 Å². The normalized spacial score (nSPS) is 13.6. The van der Waals surface area contributed by atoms with Crippen LogP contribution in [0.2, 0.25) is 0 Å². The van der Waals surface area contributed by atoms with Crippen LogP contribution in [0.3, 0.4) is 0 Å². The number of carbonyl (C=O) groups is 3. The number of hydrogen-bond acceptors (Lipinski definition) is 5. The molecule has 0 saturated carbocycles. The van der Waals surface area contributed by atoms with Crippen LogP contribution in [0.15, 0.2) is 82.1 Å². The minimum atomic E-state index is -0.601. The zero-order valence-corrected chi connectivity index (χ0v) is 18.0. The lowest BCUT2D eigenvalue weighted by Gasteiger charge is -2.15. The maximum absolute atomic E-state index is 12.9. The van der Waals surface area contributed by atoms with Gasteiger partial charge in [0.2, 0.25) is 0 Å². The number of rotatable bonds is 7. The molecule has 0 spiro atoms. The summed E-state index contributed by atoms with van der Waals surface area (Å²) < 4.78 is 5.20. The fourth-order valence-corrected chi connectivity index (χ4v) is 3.50. The van der Waals surface area contributed by atoms with Crippen LogP contribution in [0, 0.1) is 0 Å². The first-order valence-corrected chi connectivity index (χ1v) is 10.4. The van der Waals surface area contributed by atoms with Gasteiger partial charge < -0.3 is 15.1 Å². The first kappa shape index (κ1) is 21.4. The number of amides is 3.